The molecule has 1 aliphatic heterocycles. The summed E-state index contributed by atoms with van der Waals surface area (Å²) in [5.41, 5.74) is 3.12. The number of aromatic nitrogens is 1. The molecule has 0 N–H and O–H groups in total. The first kappa shape index (κ1) is 16.4. The highest BCUT2D eigenvalue weighted by Gasteiger charge is 2.28. The Labute approximate surface area is 129 Å². The highest BCUT2D eigenvalue weighted by atomic mass is 19.4. The van der Waals surface area contributed by atoms with E-state index in [-0.39, 0.29) is 0 Å². The van der Waals surface area contributed by atoms with E-state index in [1.54, 1.807) is 0 Å². The number of carbonyl (C=O) groups excluding carboxylic acids is 1. The lowest BCUT2D eigenvalue weighted by atomic mass is 10.2. The molecule has 118 valence electrons. The van der Waals surface area contributed by atoms with Crippen molar-refractivity contribution in [3.05, 3.63) is 66.5 Å². The van der Waals surface area contributed by atoms with Crippen LogP contribution in [0.1, 0.15) is 5.69 Å². The summed E-state index contributed by atoms with van der Waals surface area (Å²) in [5.74, 6) is -3.01. The van der Waals surface area contributed by atoms with Crippen molar-refractivity contribution in [1.29, 1.82) is 0 Å². The van der Waals surface area contributed by atoms with Crippen LogP contribution >= 0.6 is 0 Å². The smallest absolute Gasteiger partial charge is 0.430 e. The van der Waals surface area contributed by atoms with Crippen LogP contribution in [-0.2, 0) is 4.79 Å². The normalized spacial score (nSPS) is 14.1. The molecule has 4 nitrogen and oxygen atoms in total. The van der Waals surface area contributed by atoms with Gasteiger partial charge in [0.2, 0.25) is 5.69 Å². The van der Waals surface area contributed by atoms with E-state index >= 15 is 0 Å². The molecule has 1 aromatic carbocycles. The predicted molar refractivity (Wildman–Crippen MR) is 75.7 cm³/mol. The first-order chi connectivity index (χ1) is 10.9. The Morgan fingerprint density at radius 1 is 1.04 bits per heavy atom. The zero-order chi connectivity index (χ0) is 16.9. The van der Waals surface area contributed by atoms with Gasteiger partial charge in [-0.15, -0.1) is 0 Å². The number of carboxylic acids is 1. The maximum atomic E-state index is 10.5. The number of aliphatic imine (C=N–C) groups is 1. The van der Waals surface area contributed by atoms with E-state index in [1.807, 2.05) is 60.9 Å². The zero-order valence-electron chi connectivity index (χ0n) is 11.7. The van der Waals surface area contributed by atoms with Gasteiger partial charge in [-0.25, -0.2) is 4.99 Å². The number of aliphatic carboxylic acids is 1. The fourth-order valence-electron chi connectivity index (χ4n) is 1.78. The summed E-state index contributed by atoms with van der Waals surface area (Å²) in [5, 5.41) is 8.78. The number of para-hydroxylation sites is 1. The van der Waals surface area contributed by atoms with Gasteiger partial charge >= 0.3 is 6.18 Å². The fourth-order valence-corrected chi connectivity index (χ4v) is 1.78. The van der Waals surface area contributed by atoms with Gasteiger partial charge in [0.15, 0.2) is 12.4 Å². The summed E-state index contributed by atoms with van der Waals surface area (Å²) in [4.78, 5) is 13.4. The van der Waals surface area contributed by atoms with Gasteiger partial charge < -0.3 is 9.90 Å². The van der Waals surface area contributed by atoms with E-state index in [1.165, 1.54) is 0 Å². The van der Waals surface area contributed by atoms with Crippen molar-refractivity contribution in [3.63, 3.8) is 0 Å². The summed E-state index contributed by atoms with van der Waals surface area (Å²) in [7, 11) is 0. The van der Waals surface area contributed by atoms with E-state index < -0.39 is 12.1 Å². The van der Waals surface area contributed by atoms with Crippen molar-refractivity contribution in [2.75, 3.05) is 0 Å². The van der Waals surface area contributed by atoms with Crippen molar-refractivity contribution in [2.45, 2.75) is 6.18 Å². The van der Waals surface area contributed by atoms with Crippen LogP contribution in [0.15, 0.2) is 65.8 Å². The number of alkyl halides is 3. The van der Waals surface area contributed by atoms with E-state index in [0.29, 0.717) is 0 Å². The molecule has 0 saturated carbocycles. The van der Waals surface area contributed by atoms with E-state index in [9.17, 15) is 13.2 Å². The summed E-state index contributed by atoms with van der Waals surface area (Å²) < 4.78 is 33.6. The minimum absolute atomic E-state index is 0.986. The molecule has 1 aromatic heterocycles. The second-order valence-electron chi connectivity index (χ2n) is 4.43. The molecule has 1 aliphatic rings. The molecule has 7 heteroatoms. The third-order valence-electron chi connectivity index (χ3n) is 2.78. The molecule has 0 atom stereocenters. The molecule has 3 rings (SSSR count). The van der Waals surface area contributed by atoms with Crippen LogP contribution in [-0.4, -0.2) is 17.9 Å². The molecule has 0 unspecified atom stereocenters. The van der Waals surface area contributed by atoms with E-state index in [0.717, 1.165) is 17.1 Å². The highest BCUT2D eigenvalue weighted by Crippen LogP contribution is 2.14. The van der Waals surface area contributed by atoms with Crippen molar-refractivity contribution < 1.29 is 27.6 Å². The number of fused-ring (bicyclic) bond motifs is 1. The second kappa shape index (κ2) is 6.87. The molecule has 2 heterocycles. The molecular formula is C16H11F3N2O2. The minimum atomic E-state index is -5.19. The summed E-state index contributed by atoms with van der Waals surface area (Å²) in [6, 6.07) is 16.1. The number of pyridine rings is 1. The Morgan fingerprint density at radius 3 is 2.26 bits per heavy atom. The summed E-state index contributed by atoms with van der Waals surface area (Å²) in [6.45, 7) is 0. The molecule has 2 aromatic rings. The lowest BCUT2D eigenvalue weighted by Crippen LogP contribution is -2.37. The minimum Gasteiger partial charge on any atom is -0.542 e. The van der Waals surface area contributed by atoms with E-state index in [2.05, 4.69) is 15.6 Å². The lowest BCUT2D eigenvalue weighted by molar-refractivity contribution is -0.566. The predicted octanol–water partition coefficient (Wildman–Crippen LogP) is 1.88. The van der Waals surface area contributed by atoms with Gasteiger partial charge in [0, 0.05) is 18.2 Å². The number of hydrogen-bond acceptors (Lipinski definition) is 3. The molecule has 0 saturated heterocycles. The third kappa shape index (κ3) is 4.50. The monoisotopic (exact) mass is 320 g/mol. The Kier molecular flexibility index (Phi) is 4.90. The average Bonchev–Trinajstić information content (AvgIpc) is 2.91. The molecule has 0 spiro atoms. The number of hydrogen-bond donors (Lipinski definition) is 0. The van der Waals surface area contributed by atoms with Gasteiger partial charge in [-0.3, -0.25) is 0 Å². The standard InChI is InChI=1S/C14H11N2.C2HF3O2/c1-2-6-12(7-3-1)15-13-9-11-16-10-5-4-8-14(13)16;3-2(4,5)1(6)7/h1-11H;(H,6,7)/q+1;/p-1. The lowest BCUT2D eigenvalue weighted by Gasteiger charge is -2.03. The summed E-state index contributed by atoms with van der Waals surface area (Å²) in [6.07, 6.45) is 0.888. The number of carbonyl (C=O) groups is 1. The number of benzene rings is 1. The van der Waals surface area contributed by atoms with Gasteiger partial charge in [0.25, 0.3) is 0 Å². The number of rotatable bonds is 1. The molecule has 0 bridgehead atoms. The average molecular weight is 320 g/mol. The third-order valence-corrected chi connectivity index (χ3v) is 2.78. The number of halogens is 3. The van der Waals surface area contributed by atoms with Crippen LogP contribution in [0.5, 0.6) is 0 Å². The first-order valence-corrected chi connectivity index (χ1v) is 6.48. The second-order valence-corrected chi connectivity index (χ2v) is 4.43. The SMILES string of the molecule is C1=C[n+]2ccccc2C1=Nc1ccccc1.O=C([O-])C(F)(F)F. The Balaban J connectivity index is 0.000000236. The van der Waals surface area contributed by atoms with Gasteiger partial charge in [-0.05, 0) is 18.2 Å². The largest absolute Gasteiger partial charge is 0.542 e. The van der Waals surface area contributed by atoms with E-state index in [4.69, 9.17) is 9.90 Å². The van der Waals surface area contributed by atoms with Crippen molar-refractivity contribution >= 4 is 23.6 Å². The van der Waals surface area contributed by atoms with Crippen molar-refractivity contribution in [2.24, 2.45) is 4.99 Å². The highest BCUT2D eigenvalue weighted by molar-refractivity contribution is 6.10. The molecule has 23 heavy (non-hydrogen) atoms. The Bertz CT molecular complexity index is 753. The summed E-state index contributed by atoms with van der Waals surface area (Å²) >= 11 is 0. The zero-order valence-corrected chi connectivity index (χ0v) is 11.7. The van der Waals surface area contributed by atoms with Gasteiger partial charge in [0.1, 0.15) is 11.7 Å². The molecule has 0 radical (unpaired) electrons. The van der Waals surface area contributed by atoms with Crippen LogP contribution in [0, 0.1) is 0 Å². The molecule has 0 fully saturated rings. The van der Waals surface area contributed by atoms with Crippen LogP contribution in [0.3, 0.4) is 0 Å². The van der Waals surface area contributed by atoms with Crippen LogP contribution in [0.2, 0.25) is 0 Å². The van der Waals surface area contributed by atoms with Crippen LogP contribution in [0.25, 0.3) is 6.20 Å². The first-order valence-electron chi connectivity index (χ1n) is 6.48. The fraction of sp³-hybridized carbons (Fsp3) is 0.0625. The van der Waals surface area contributed by atoms with Crippen LogP contribution in [0.4, 0.5) is 18.9 Å². The van der Waals surface area contributed by atoms with Crippen molar-refractivity contribution in [1.82, 2.24) is 0 Å². The topological polar surface area (TPSA) is 56.4 Å². The number of allylic oxidation sites excluding steroid dienone is 1. The molecule has 0 aliphatic carbocycles. The van der Waals surface area contributed by atoms with Crippen molar-refractivity contribution in [3.8, 4) is 0 Å². The Morgan fingerprint density at radius 2 is 1.65 bits per heavy atom. The molecule has 0 amide bonds. The Hall–Kier alpha value is -2.96. The molecular weight excluding hydrogens is 309 g/mol. The quantitative estimate of drug-likeness (QED) is 0.753. The van der Waals surface area contributed by atoms with Crippen LogP contribution < -0.4 is 9.67 Å². The van der Waals surface area contributed by atoms with Gasteiger partial charge in [-0.1, -0.05) is 18.2 Å². The maximum absolute atomic E-state index is 10.5. The number of carboxylic acid groups (broad SMARTS) is 1. The maximum Gasteiger partial charge on any atom is 0.430 e. The number of nitrogens with zero attached hydrogens (tertiary/aromatic N) is 2. The van der Waals surface area contributed by atoms with Gasteiger partial charge in [0.05, 0.1) is 5.69 Å². The van der Waals surface area contributed by atoms with Gasteiger partial charge in [-0.2, -0.15) is 17.7 Å².